The van der Waals surface area contributed by atoms with Crippen LogP contribution in [-0.4, -0.2) is 46.0 Å². The molecule has 178 valence electrons. The van der Waals surface area contributed by atoms with Gasteiger partial charge in [-0.2, -0.15) is 5.10 Å². The van der Waals surface area contributed by atoms with E-state index in [2.05, 4.69) is 15.4 Å². The molecule has 3 aromatic heterocycles. The molecule has 4 aromatic rings. The summed E-state index contributed by atoms with van der Waals surface area (Å²) in [5.74, 6) is -0.179. The van der Waals surface area contributed by atoms with E-state index in [1.54, 1.807) is 36.7 Å². The minimum atomic E-state index is -3.13. The molecule has 0 aliphatic rings. The number of fused-ring (bicyclic) bond motifs is 1. The molecule has 10 heteroatoms. The van der Waals surface area contributed by atoms with E-state index in [0.29, 0.717) is 28.4 Å². The van der Waals surface area contributed by atoms with Crippen LogP contribution in [0.3, 0.4) is 0 Å². The minimum absolute atomic E-state index is 0.0196. The van der Waals surface area contributed by atoms with Crippen molar-refractivity contribution in [2.24, 2.45) is 0 Å². The number of amides is 1. The van der Waals surface area contributed by atoms with Gasteiger partial charge in [0.2, 0.25) is 5.89 Å². The number of nitrogens with one attached hydrogen (secondary N) is 1. The molecule has 0 fully saturated rings. The quantitative estimate of drug-likeness (QED) is 0.413. The number of nitrogens with zero attached hydrogens (tertiary/aromatic N) is 3. The van der Waals surface area contributed by atoms with Crippen molar-refractivity contribution in [3.8, 4) is 11.5 Å². The Hall–Kier alpha value is -3.50. The lowest BCUT2D eigenvalue weighted by molar-refractivity contribution is 0.0787. The fourth-order valence-electron chi connectivity index (χ4n) is 3.57. The zero-order chi connectivity index (χ0) is 24.7. The molecule has 0 radical (unpaired) electrons. The summed E-state index contributed by atoms with van der Waals surface area (Å²) < 4.78 is 30.1. The fraction of sp³-hybridized carbons (Fsp3) is 0.292. The van der Waals surface area contributed by atoms with Gasteiger partial charge in [0.15, 0.2) is 5.69 Å². The van der Waals surface area contributed by atoms with Crippen LogP contribution in [0.25, 0.3) is 17.0 Å². The zero-order valence-electron chi connectivity index (χ0n) is 19.4. The predicted octanol–water partition coefficient (Wildman–Crippen LogP) is 3.36. The van der Waals surface area contributed by atoms with Gasteiger partial charge in [0.1, 0.15) is 16.1 Å². The number of pyridine rings is 1. The van der Waals surface area contributed by atoms with E-state index in [-0.39, 0.29) is 17.9 Å². The lowest BCUT2D eigenvalue weighted by Crippen LogP contribution is -2.22. The number of rotatable bonds is 7. The topological polar surface area (TPSA) is 127 Å². The molecular weight excluding hydrogens is 456 g/mol. The molecule has 34 heavy (non-hydrogen) atoms. The first-order valence-electron chi connectivity index (χ1n) is 10.7. The Morgan fingerprint density at radius 1 is 1.24 bits per heavy atom. The SMILES string of the molecule is Cc1cccc(-c2nc(C(=O)Nc3cc4cc(CCS(C)(=O)=O)nn4cc3C(C)(C)O)co2)c1. The Morgan fingerprint density at radius 3 is 2.68 bits per heavy atom. The van der Waals surface area contributed by atoms with Crippen LogP contribution in [0.4, 0.5) is 5.69 Å². The Labute approximate surface area is 197 Å². The van der Waals surface area contributed by atoms with Gasteiger partial charge in [-0.25, -0.2) is 17.9 Å². The van der Waals surface area contributed by atoms with Crippen molar-refractivity contribution < 1.29 is 22.7 Å². The van der Waals surface area contributed by atoms with Crippen LogP contribution >= 0.6 is 0 Å². The van der Waals surface area contributed by atoms with Crippen LogP contribution in [-0.2, 0) is 21.9 Å². The number of carbonyl (C=O) groups is 1. The second-order valence-corrected chi connectivity index (χ2v) is 11.2. The third-order valence-corrected chi connectivity index (χ3v) is 6.23. The largest absolute Gasteiger partial charge is 0.444 e. The average Bonchev–Trinajstić information content (AvgIpc) is 3.37. The van der Waals surface area contributed by atoms with Gasteiger partial charge in [-0.15, -0.1) is 0 Å². The molecule has 0 aliphatic carbocycles. The summed E-state index contributed by atoms with van der Waals surface area (Å²) in [5.41, 5.74) is 2.68. The van der Waals surface area contributed by atoms with E-state index in [0.717, 1.165) is 11.1 Å². The highest BCUT2D eigenvalue weighted by molar-refractivity contribution is 7.90. The lowest BCUT2D eigenvalue weighted by Gasteiger charge is -2.22. The molecule has 1 amide bonds. The molecule has 0 saturated carbocycles. The van der Waals surface area contributed by atoms with Crippen molar-refractivity contribution in [3.05, 3.63) is 71.4 Å². The van der Waals surface area contributed by atoms with Crippen molar-refractivity contribution in [2.45, 2.75) is 32.8 Å². The van der Waals surface area contributed by atoms with Crippen molar-refractivity contribution in [1.82, 2.24) is 14.6 Å². The summed E-state index contributed by atoms with van der Waals surface area (Å²) in [7, 11) is -3.13. The Bertz CT molecular complexity index is 1480. The van der Waals surface area contributed by atoms with E-state index in [1.807, 2.05) is 31.2 Å². The number of aliphatic hydroxyl groups is 1. The molecule has 0 unspecified atom stereocenters. The highest BCUT2D eigenvalue weighted by atomic mass is 32.2. The maximum atomic E-state index is 13.0. The summed E-state index contributed by atoms with van der Waals surface area (Å²) in [4.78, 5) is 17.3. The van der Waals surface area contributed by atoms with E-state index in [9.17, 15) is 18.3 Å². The van der Waals surface area contributed by atoms with Crippen LogP contribution in [0, 0.1) is 6.92 Å². The molecule has 3 heterocycles. The van der Waals surface area contributed by atoms with Crippen LogP contribution in [0.15, 0.2) is 53.3 Å². The average molecular weight is 483 g/mol. The van der Waals surface area contributed by atoms with Gasteiger partial charge in [0, 0.05) is 30.0 Å². The lowest BCUT2D eigenvalue weighted by atomic mass is 9.98. The molecule has 1 aromatic carbocycles. The van der Waals surface area contributed by atoms with Crippen molar-refractivity contribution in [1.29, 1.82) is 0 Å². The summed E-state index contributed by atoms with van der Waals surface area (Å²) in [6.45, 7) is 5.16. The van der Waals surface area contributed by atoms with E-state index >= 15 is 0 Å². The molecule has 0 aliphatic heterocycles. The number of aryl methyl sites for hydroxylation is 2. The van der Waals surface area contributed by atoms with E-state index in [1.165, 1.54) is 12.5 Å². The summed E-state index contributed by atoms with van der Waals surface area (Å²) in [5, 5.41) is 17.9. The number of hydrogen-bond donors (Lipinski definition) is 2. The third kappa shape index (κ3) is 5.35. The molecule has 2 N–H and O–H groups in total. The fourth-order valence-corrected chi connectivity index (χ4v) is 4.15. The Morgan fingerprint density at radius 2 is 2.00 bits per heavy atom. The Balaban J connectivity index is 1.64. The normalized spacial score (nSPS) is 12.3. The smallest absolute Gasteiger partial charge is 0.277 e. The molecular formula is C24H26N4O5S. The van der Waals surface area contributed by atoms with Gasteiger partial charge >= 0.3 is 0 Å². The molecule has 0 spiro atoms. The molecule has 9 nitrogen and oxygen atoms in total. The zero-order valence-corrected chi connectivity index (χ0v) is 20.2. The van der Waals surface area contributed by atoms with Gasteiger partial charge in [-0.1, -0.05) is 17.7 Å². The number of hydrogen-bond acceptors (Lipinski definition) is 7. The summed E-state index contributed by atoms with van der Waals surface area (Å²) >= 11 is 0. The number of sulfone groups is 1. The van der Waals surface area contributed by atoms with E-state index in [4.69, 9.17) is 4.42 Å². The second-order valence-electron chi connectivity index (χ2n) is 8.91. The Kier molecular flexibility index (Phi) is 6.05. The number of aromatic nitrogens is 3. The predicted molar refractivity (Wildman–Crippen MR) is 128 cm³/mol. The van der Waals surface area contributed by atoms with Gasteiger partial charge in [-0.3, -0.25) is 4.79 Å². The first kappa shape index (κ1) is 23.7. The summed E-state index contributed by atoms with van der Waals surface area (Å²) in [6, 6.07) is 11.0. The second kappa shape index (κ2) is 8.69. The number of anilines is 1. The van der Waals surface area contributed by atoms with Crippen LogP contribution in [0.2, 0.25) is 0 Å². The van der Waals surface area contributed by atoms with Crippen LogP contribution < -0.4 is 5.32 Å². The highest BCUT2D eigenvalue weighted by Crippen LogP contribution is 2.30. The minimum Gasteiger partial charge on any atom is -0.444 e. The first-order chi connectivity index (χ1) is 15.9. The first-order valence-corrected chi connectivity index (χ1v) is 12.7. The van der Waals surface area contributed by atoms with Gasteiger partial charge in [0.25, 0.3) is 5.91 Å². The number of carbonyl (C=O) groups excluding carboxylic acids is 1. The van der Waals surface area contributed by atoms with Gasteiger partial charge < -0.3 is 14.8 Å². The van der Waals surface area contributed by atoms with E-state index < -0.39 is 21.3 Å². The van der Waals surface area contributed by atoms with Gasteiger partial charge in [-0.05, 0) is 45.0 Å². The number of oxazole rings is 1. The monoisotopic (exact) mass is 482 g/mol. The molecule has 0 atom stereocenters. The standard InChI is InChI=1S/C24H26N4O5S/c1-15-6-5-7-16(10-15)23-26-21(14-33-23)22(29)25-20-12-18-11-17(8-9-34(4,31)32)27-28(18)13-19(20)24(2,3)30/h5-7,10-14,30H,8-9H2,1-4H3,(H,25,29). The van der Waals surface area contributed by atoms with Crippen molar-refractivity contribution >= 4 is 26.9 Å². The van der Waals surface area contributed by atoms with Crippen molar-refractivity contribution in [2.75, 3.05) is 17.3 Å². The van der Waals surface area contributed by atoms with Crippen molar-refractivity contribution in [3.63, 3.8) is 0 Å². The molecule has 4 rings (SSSR count). The molecule has 0 saturated heterocycles. The highest BCUT2D eigenvalue weighted by Gasteiger charge is 2.24. The maximum Gasteiger partial charge on any atom is 0.277 e. The van der Waals surface area contributed by atoms with Crippen LogP contribution in [0.1, 0.15) is 41.2 Å². The summed E-state index contributed by atoms with van der Waals surface area (Å²) in [6.07, 6.45) is 4.35. The van der Waals surface area contributed by atoms with Gasteiger partial charge in [0.05, 0.1) is 28.3 Å². The third-order valence-electron chi connectivity index (χ3n) is 5.29. The van der Waals surface area contributed by atoms with Crippen LogP contribution in [0.5, 0.6) is 0 Å². The number of benzene rings is 1. The molecule has 0 bridgehead atoms. The maximum absolute atomic E-state index is 13.0.